The lowest BCUT2D eigenvalue weighted by Crippen LogP contribution is -2.27. The van der Waals surface area contributed by atoms with E-state index >= 15 is 0 Å². The molecule has 106 valence electrons. The van der Waals surface area contributed by atoms with E-state index in [1.165, 1.54) is 0 Å². The van der Waals surface area contributed by atoms with E-state index < -0.39 is 6.03 Å². The van der Waals surface area contributed by atoms with Gasteiger partial charge in [-0.15, -0.1) is 0 Å². The van der Waals surface area contributed by atoms with Crippen LogP contribution in [0.1, 0.15) is 11.1 Å². The van der Waals surface area contributed by atoms with Crippen molar-refractivity contribution in [2.45, 2.75) is 13.1 Å². The SMILES string of the molecule is N=N/N=N/C(=O)N(Cc1ccccc1)Cc1ccccc1. The van der Waals surface area contributed by atoms with Crippen LogP contribution >= 0.6 is 0 Å². The van der Waals surface area contributed by atoms with Gasteiger partial charge in [0.1, 0.15) is 0 Å². The summed E-state index contributed by atoms with van der Waals surface area (Å²) in [6.07, 6.45) is 0. The van der Waals surface area contributed by atoms with Gasteiger partial charge in [-0.05, 0) is 21.6 Å². The van der Waals surface area contributed by atoms with E-state index in [4.69, 9.17) is 5.53 Å². The number of carbonyl (C=O) groups excluding carboxylic acids is 1. The molecule has 2 aromatic rings. The first kappa shape index (κ1) is 14.5. The van der Waals surface area contributed by atoms with Gasteiger partial charge in [-0.25, -0.2) is 4.79 Å². The molecule has 0 unspecified atom stereocenters. The number of amides is 2. The van der Waals surface area contributed by atoms with Gasteiger partial charge in [0, 0.05) is 13.1 Å². The average Bonchev–Trinajstić information content (AvgIpc) is 2.54. The van der Waals surface area contributed by atoms with Crippen molar-refractivity contribution in [3.05, 3.63) is 71.8 Å². The summed E-state index contributed by atoms with van der Waals surface area (Å²) in [5, 5.41) is 9.23. The molecule has 0 heterocycles. The molecule has 0 fully saturated rings. The van der Waals surface area contributed by atoms with Crippen LogP contribution in [0.5, 0.6) is 0 Å². The van der Waals surface area contributed by atoms with Gasteiger partial charge < -0.3 is 4.90 Å². The lowest BCUT2D eigenvalue weighted by molar-refractivity contribution is 0.200. The van der Waals surface area contributed by atoms with E-state index in [1.54, 1.807) is 4.90 Å². The quantitative estimate of drug-likeness (QED) is 0.646. The maximum atomic E-state index is 12.0. The summed E-state index contributed by atoms with van der Waals surface area (Å²) in [4.78, 5) is 13.6. The first-order valence-corrected chi connectivity index (χ1v) is 6.44. The zero-order valence-electron chi connectivity index (χ0n) is 11.4. The van der Waals surface area contributed by atoms with Crippen LogP contribution in [0.4, 0.5) is 4.79 Å². The fourth-order valence-electron chi connectivity index (χ4n) is 1.92. The Morgan fingerprint density at radius 2 is 1.38 bits per heavy atom. The highest BCUT2D eigenvalue weighted by Gasteiger charge is 2.14. The van der Waals surface area contributed by atoms with Crippen LogP contribution in [-0.2, 0) is 13.1 Å². The zero-order chi connectivity index (χ0) is 14.9. The molecule has 0 bridgehead atoms. The lowest BCUT2D eigenvalue weighted by Gasteiger charge is -2.20. The minimum Gasteiger partial charge on any atom is -0.313 e. The Morgan fingerprint density at radius 3 is 1.81 bits per heavy atom. The molecule has 0 aliphatic rings. The molecular formula is C15H15N5O. The van der Waals surface area contributed by atoms with Crippen molar-refractivity contribution in [1.82, 2.24) is 4.90 Å². The van der Waals surface area contributed by atoms with Crippen LogP contribution in [0.2, 0.25) is 0 Å². The van der Waals surface area contributed by atoms with Crippen molar-refractivity contribution >= 4 is 6.03 Å². The van der Waals surface area contributed by atoms with E-state index in [2.05, 4.69) is 15.6 Å². The Bertz CT molecular complexity index is 571. The minimum atomic E-state index is -0.515. The van der Waals surface area contributed by atoms with Crippen molar-refractivity contribution in [2.24, 2.45) is 15.6 Å². The topological polar surface area (TPSA) is 81.2 Å². The number of benzene rings is 2. The molecule has 21 heavy (non-hydrogen) atoms. The number of carbonyl (C=O) groups is 1. The van der Waals surface area contributed by atoms with Gasteiger partial charge in [0.25, 0.3) is 0 Å². The molecule has 0 spiro atoms. The zero-order valence-corrected chi connectivity index (χ0v) is 11.4. The number of rotatable bonds is 5. The molecule has 0 saturated heterocycles. The summed E-state index contributed by atoms with van der Waals surface area (Å²) in [6.45, 7) is 0.844. The predicted molar refractivity (Wildman–Crippen MR) is 77.5 cm³/mol. The highest BCUT2D eigenvalue weighted by Crippen LogP contribution is 2.11. The standard InChI is InChI=1S/C15H15N5O/c16-18-19-17-15(21)20(11-13-7-3-1-4-8-13)12-14-9-5-2-6-10-14/h1-10,16H,11-12H2/b18-16?,19-17+. The first-order chi connectivity index (χ1) is 10.3. The van der Waals surface area contributed by atoms with E-state index in [-0.39, 0.29) is 0 Å². The van der Waals surface area contributed by atoms with Crippen LogP contribution in [0.15, 0.2) is 76.2 Å². The van der Waals surface area contributed by atoms with E-state index in [9.17, 15) is 4.79 Å². The number of hydrogen-bond acceptors (Lipinski definition) is 2. The molecule has 0 atom stereocenters. The third-order valence-electron chi connectivity index (χ3n) is 2.88. The fourth-order valence-corrected chi connectivity index (χ4v) is 1.92. The Labute approximate surface area is 122 Å². The summed E-state index contributed by atoms with van der Waals surface area (Å²) in [6, 6.07) is 18.8. The van der Waals surface area contributed by atoms with Gasteiger partial charge in [-0.2, -0.15) is 5.53 Å². The normalized spacial score (nSPS) is 10.5. The fraction of sp³-hybridized carbons (Fsp3) is 0.133. The van der Waals surface area contributed by atoms with Gasteiger partial charge in [0.05, 0.1) is 0 Å². The van der Waals surface area contributed by atoms with E-state index in [0.29, 0.717) is 13.1 Å². The second-order valence-electron chi connectivity index (χ2n) is 4.40. The third kappa shape index (κ3) is 4.61. The highest BCUT2D eigenvalue weighted by atomic mass is 16.2. The highest BCUT2D eigenvalue weighted by molar-refractivity contribution is 5.74. The number of nitrogens with one attached hydrogen (secondary N) is 1. The van der Waals surface area contributed by atoms with Crippen molar-refractivity contribution in [3.8, 4) is 0 Å². The molecule has 1 N–H and O–H groups in total. The molecular weight excluding hydrogens is 266 g/mol. The monoisotopic (exact) mass is 281 g/mol. The van der Waals surface area contributed by atoms with E-state index in [0.717, 1.165) is 11.1 Å². The Balaban J connectivity index is 2.15. The molecule has 2 rings (SSSR count). The maximum absolute atomic E-state index is 12.0. The minimum absolute atomic E-state index is 0.422. The number of hydrogen-bond donors (Lipinski definition) is 1. The van der Waals surface area contributed by atoms with Crippen molar-refractivity contribution < 1.29 is 4.79 Å². The lowest BCUT2D eigenvalue weighted by atomic mass is 10.2. The smallest absolute Gasteiger partial charge is 0.313 e. The van der Waals surface area contributed by atoms with Gasteiger partial charge in [0.15, 0.2) is 0 Å². The molecule has 0 aliphatic carbocycles. The Hall–Kier alpha value is -2.89. The molecule has 0 aliphatic heterocycles. The van der Waals surface area contributed by atoms with Crippen LogP contribution in [0, 0.1) is 5.53 Å². The van der Waals surface area contributed by atoms with Crippen molar-refractivity contribution in [3.63, 3.8) is 0 Å². The summed E-state index contributed by atoms with van der Waals surface area (Å²) in [5.41, 5.74) is 8.57. The third-order valence-corrected chi connectivity index (χ3v) is 2.88. The summed E-state index contributed by atoms with van der Waals surface area (Å²) >= 11 is 0. The second-order valence-corrected chi connectivity index (χ2v) is 4.40. The van der Waals surface area contributed by atoms with E-state index in [1.807, 2.05) is 60.7 Å². The summed E-state index contributed by atoms with van der Waals surface area (Å²) < 4.78 is 0. The predicted octanol–water partition coefficient (Wildman–Crippen LogP) is 4.21. The van der Waals surface area contributed by atoms with Gasteiger partial charge >= 0.3 is 6.03 Å². The molecule has 2 aromatic carbocycles. The number of nitrogens with zero attached hydrogens (tertiary/aromatic N) is 4. The van der Waals surface area contributed by atoms with Gasteiger partial charge in [-0.1, -0.05) is 65.8 Å². The summed E-state index contributed by atoms with van der Waals surface area (Å²) in [7, 11) is 0. The molecule has 2 amide bonds. The first-order valence-electron chi connectivity index (χ1n) is 6.44. The van der Waals surface area contributed by atoms with Crippen LogP contribution in [0.3, 0.4) is 0 Å². The van der Waals surface area contributed by atoms with Crippen LogP contribution < -0.4 is 0 Å². The average molecular weight is 281 g/mol. The second kappa shape index (κ2) is 7.64. The molecule has 0 radical (unpaired) electrons. The Kier molecular flexibility index (Phi) is 5.28. The van der Waals surface area contributed by atoms with Crippen LogP contribution in [0.25, 0.3) is 0 Å². The molecule has 0 aromatic heterocycles. The van der Waals surface area contributed by atoms with Crippen molar-refractivity contribution in [1.29, 1.82) is 5.53 Å². The molecule has 0 saturated carbocycles. The van der Waals surface area contributed by atoms with Crippen molar-refractivity contribution in [2.75, 3.05) is 0 Å². The van der Waals surface area contributed by atoms with Gasteiger partial charge in [0.2, 0.25) is 0 Å². The Morgan fingerprint density at radius 1 is 0.905 bits per heavy atom. The maximum Gasteiger partial charge on any atom is 0.364 e. The largest absolute Gasteiger partial charge is 0.364 e. The number of urea groups is 1. The van der Waals surface area contributed by atoms with Crippen LogP contribution in [-0.4, -0.2) is 10.9 Å². The molecule has 6 heteroatoms. The molecule has 6 nitrogen and oxygen atoms in total. The summed E-state index contributed by atoms with van der Waals surface area (Å²) in [5.74, 6) is 0. The van der Waals surface area contributed by atoms with Gasteiger partial charge in [-0.3, -0.25) is 0 Å².